The maximum Gasteiger partial charge on any atom is 0.285 e. The van der Waals surface area contributed by atoms with E-state index in [1.807, 2.05) is 6.20 Å². The molecule has 2 rings (SSSR count). The van der Waals surface area contributed by atoms with E-state index >= 15 is 0 Å². The molecule has 0 radical (unpaired) electrons. The third kappa shape index (κ3) is 1.65. The van der Waals surface area contributed by atoms with Crippen molar-refractivity contribution in [2.75, 3.05) is 13.2 Å². The van der Waals surface area contributed by atoms with Crippen LogP contribution >= 0.6 is 0 Å². The number of nitrogens with zero attached hydrogens (tertiary/aromatic N) is 1. The molecule has 1 aromatic rings. The first-order valence-electron chi connectivity index (χ1n) is 4.21. The Morgan fingerprint density at radius 1 is 1.77 bits per heavy atom. The highest BCUT2D eigenvalue weighted by molar-refractivity contribution is 5.13. The van der Waals surface area contributed by atoms with E-state index in [0.29, 0.717) is 0 Å². The van der Waals surface area contributed by atoms with Gasteiger partial charge >= 0.3 is 0 Å². The van der Waals surface area contributed by atoms with Crippen LogP contribution in [0, 0.1) is 12.3 Å². The average Bonchev–Trinajstić information content (AvgIpc) is 2.57. The van der Waals surface area contributed by atoms with E-state index in [1.54, 1.807) is 0 Å². The number of hydrogen-bond donors (Lipinski definition) is 1. The van der Waals surface area contributed by atoms with Crippen LogP contribution in [0.5, 0.6) is 0 Å². The van der Waals surface area contributed by atoms with Gasteiger partial charge in [0.15, 0.2) is 5.76 Å². The zero-order valence-electron chi connectivity index (χ0n) is 7.25. The summed E-state index contributed by atoms with van der Waals surface area (Å²) < 4.78 is 5.37. The fourth-order valence-corrected chi connectivity index (χ4v) is 1.33. The molecular weight excluding hydrogens is 168 g/mol. The quantitative estimate of drug-likeness (QED) is 0.609. The largest absolute Gasteiger partial charge is 0.312 e. The van der Waals surface area contributed by atoms with Crippen molar-refractivity contribution in [1.29, 1.82) is 0 Å². The van der Waals surface area contributed by atoms with Crippen molar-refractivity contribution >= 4 is 0 Å². The van der Waals surface area contributed by atoms with Crippen LogP contribution < -0.4 is 15.1 Å². The lowest BCUT2D eigenvalue weighted by molar-refractivity contribution is -1.02. The van der Waals surface area contributed by atoms with Crippen LogP contribution in [0.15, 0.2) is 10.7 Å². The van der Waals surface area contributed by atoms with Crippen LogP contribution in [0.2, 0.25) is 0 Å². The van der Waals surface area contributed by atoms with Crippen LogP contribution in [0.4, 0.5) is 0 Å². The Morgan fingerprint density at radius 2 is 2.69 bits per heavy atom. The summed E-state index contributed by atoms with van der Waals surface area (Å²) in [6, 6.07) is 0. The molecule has 1 aliphatic rings. The second kappa shape index (κ2) is 3.50. The van der Waals surface area contributed by atoms with E-state index in [0.717, 1.165) is 30.8 Å². The van der Waals surface area contributed by atoms with Crippen LogP contribution in [0.1, 0.15) is 11.3 Å². The molecule has 13 heavy (non-hydrogen) atoms. The highest BCUT2D eigenvalue weighted by atomic mass is 16.8. The molecule has 0 saturated carbocycles. The average molecular weight is 179 g/mol. The third-order valence-electron chi connectivity index (χ3n) is 1.94. The fraction of sp³-hybridized carbons (Fsp3) is 0.444. The Labute approximate surface area is 76.4 Å². The molecule has 0 atom stereocenters. The van der Waals surface area contributed by atoms with Crippen LogP contribution in [0.25, 0.3) is 0 Å². The van der Waals surface area contributed by atoms with Gasteiger partial charge in [-0.05, 0) is 0 Å². The van der Waals surface area contributed by atoms with Crippen molar-refractivity contribution < 1.29 is 14.3 Å². The predicted octanol–water partition coefficient (Wildman–Crippen LogP) is -0.725. The van der Waals surface area contributed by atoms with E-state index in [-0.39, 0.29) is 6.61 Å². The lowest BCUT2D eigenvalue weighted by Crippen LogP contribution is -2.40. The van der Waals surface area contributed by atoms with Gasteiger partial charge in [-0.3, -0.25) is 0 Å². The zero-order chi connectivity index (χ0) is 9.10. The van der Waals surface area contributed by atoms with Crippen LogP contribution in [-0.2, 0) is 13.0 Å². The third-order valence-corrected chi connectivity index (χ3v) is 1.94. The SMILES string of the molecule is C#CCO[n+]1cc2c(o1)CCNC2. The van der Waals surface area contributed by atoms with Gasteiger partial charge in [0.05, 0.1) is 5.56 Å². The van der Waals surface area contributed by atoms with Crippen molar-refractivity contribution in [1.82, 2.24) is 5.32 Å². The summed E-state index contributed by atoms with van der Waals surface area (Å²) in [6.45, 7) is 2.02. The number of aromatic nitrogens is 1. The van der Waals surface area contributed by atoms with Crippen molar-refractivity contribution in [2.24, 2.45) is 0 Å². The lowest BCUT2D eigenvalue weighted by Gasteiger charge is -2.05. The molecule has 2 heterocycles. The number of terminal acetylenes is 1. The van der Waals surface area contributed by atoms with Gasteiger partial charge in [0.2, 0.25) is 11.5 Å². The van der Waals surface area contributed by atoms with E-state index < -0.39 is 0 Å². The highest BCUT2D eigenvalue weighted by Crippen LogP contribution is 2.10. The second-order valence-corrected chi connectivity index (χ2v) is 2.86. The summed E-state index contributed by atoms with van der Waals surface area (Å²) in [7, 11) is 0. The Bertz CT molecular complexity index is 314. The van der Waals surface area contributed by atoms with E-state index in [2.05, 4.69) is 11.2 Å². The topological polar surface area (TPSA) is 38.3 Å². The number of nitrogens with one attached hydrogen (secondary N) is 1. The molecule has 0 aromatic carbocycles. The van der Waals surface area contributed by atoms with Crippen molar-refractivity contribution in [2.45, 2.75) is 13.0 Å². The molecule has 4 nitrogen and oxygen atoms in total. The number of fused-ring (bicyclic) bond motifs is 1. The molecule has 4 heteroatoms. The summed E-state index contributed by atoms with van der Waals surface area (Å²) in [5.41, 5.74) is 1.14. The molecule has 0 amide bonds. The van der Waals surface area contributed by atoms with Crippen molar-refractivity contribution in [3.05, 3.63) is 17.5 Å². The highest BCUT2D eigenvalue weighted by Gasteiger charge is 2.21. The van der Waals surface area contributed by atoms with Gasteiger partial charge in [-0.2, -0.15) is 4.52 Å². The monoisotopic (exact) mass is 179 g/mol. The minimum atomic E-state index is 0.227. The Hall–Kier alpha value is -1.47. The first kappa shape index (κ1) is 8.14. The standard InChI is InChI=1S/C9H11N2O2/c1-2-5-12-11-7-8-6-10-4-3-9(8)13-11/h1,7,10H,3-6H2/q+1. The second-order valence-electron chi connectivity index (χ2n) is 2.86. The van der Waals surface area contributed by atoms with E-state index in [9.17, 15) is 0 Å². The summed E-state index contributed by atoms with van der Waals surface area (Å²) in [4.78, 5) is 6.42. The minimum absolute atomic E-state index is 0.227. The molecule has 0 saturated heterocycles. The molecule has 68 valence electrons. The molecule has 0 fully saturated rings. The molecule has 0 aliphatic carbocycles. The summed E-state index contributed by atoms with van der Waals surface area (Å²) >= 11 is 0. The van der Waals surface area contributed by atoms with Gasteiger partial charge in [-0.1, -0.05) is 5.92 Å². The van der Waals surface area contributed by atoms with Crippen LogP contribution in [0.3, 0.4) is 0 Å². The maximum atomic E-state index is 5.37. The predicted molar refractivity (Wildman–Crippen MR) is 44.6 cm³/mol. The van der Waals surface area contributed by atoms with Gasteiger partial charge in [-0.15, -0.1) is 6.42 Å². The molecule has 0 unspecified atom stereocenters. The molecule has 0 bridgehead atoms. The summed E-state index contributed by atoms with van der Waals surface area (Å²) in [5, 5.41) is 3.24. The van der Waals surface area contributed by atoms with E-state index in [4.69, 9.17) is 15.8 Å². The number of hydrogen-bond acceptors (Lipinski definition) is 3. The van der Waals surface area contributed by atoms with Crippen molar-refractivity contribution in [3.63, 3.8) is 0 Å². The minimum Gasteiger partial charge on any atom is -0.312 e. The molecule has 0 spiro atoms. The molecule has 1 aliphatic heterocycles. The smallest absolute Gasteiger partial charge is 0.285 e. The number of rotatable bonds is 2. The van der Waals surface area contributed by atoms with E-state index in [1.165, 1.54) is 4.90 Å². The normalized spacial score (nSPS) is 14.7. The Balaban J connectivity index is 2.12. The summed E-state index contributed by atoms with van der Waals surface area (Å²) in [5.74, 6) is 3.36. The maximum absolute atomic E-state index is 5.37. The van der Waals surface area contributed by atoms with Crippen molar-refractivity contribution in [3.8, 4) is 12.3 Å². The summed E-state index contributed by atoms with van der Waals surface area (Å²) in [6.07, 6.45) is 7.78. The first-order chi connectivity index (χ1) is 6.40. The van der Waals surface area contributed by atoms with Gasteiger partial charge in [0.1, 0.15) is 0 Å². The van der Waals surface area contributed by atoms with Gasteiger partial charge < -0.3 is 5.32 Å². The lowest BCUT2D eigenvalue weighted by atomic mass is 10.1. The fourth-order valence-electron chi connectivity index (χ4n) is 1.33. The van der Waals surface area contributed by atoms with Gasteiger partial charge in [-0.25, -0.2) is 4.84 Å². The Kier molecular flexibility index (Phi) is 2.19. The zero-order valence-corrected chi connectivity index (χ0v) is 7.25. The van der Waals surface area contributed by atoms with Crippen LogP contribution in [-0.4, -0.2) is 13.2 Å². The Morgan fingerprint density at radius 3 is 3.46 bits per heavy atom. The molecule has 1 aromatic heterocycles. The molecule has 1 N–H and O–H groups in total. The molecular formula is C9H11N2O2+. The van der Waals surface area contributed by atoms with Gasteiger partial charge in [0, 0.05) is 19.5 Å². The van der Waals surface area contributed by atoms with Gasteiger partial charge in [0.25, 0.3) is 6.20 Å². The first-order valence-corrected chi connectivity index (χ1v) is 4.21.